The number of amides is 1. The van der Waals surface area contributed by atoms with Crippen LogP contribution in [0.5, 0.6) is 0 Å². The van der Waals surface area contributed by atoms with Gasteiger partial charge in [0.25, 0.3) is 0 Å². The quantitative estimate of drug-likeness (QED) is 0.437. The van der Waals surface area contributed by atoms with Crippen LogP contribution in [0.15, 0.2) is 55.1 Å². The van der Waals surface area contributed by atoms with E-state index in [1.54, 1.807) is 29.6 Å². The van der Waals surface area contributed by atoms with Crippen molar-refractivity contribution in [2.75, 3.05) is 31.1 Å². The van der Waals surface area contributed by atoms with Gasteiger partial charge in [0.1, 0.15) is 11.4 Å². The molecule has 9 nitrogen and oxygen atoms in total. The van der Waals surface area contributed by atoms with Gasteiger partial charge < -0.3 is 20.2 Å². The van der Waals surface area contributed by atoms with Crippen molar-refractivity contribution in [2.24, 2.45) is 5.92 Å². The molecular weight excluding hydrogens is 559 g/mol. The molecule has 0 aromatic carbocycles. The zero-order chi connectivity index (χ0) is 30.0. The van der Waals surface area contributed by atoms with Crippen molar-refractivity contribution in [1.29, 1.82) is 0 Å². The maximum Gasteiger partial charge on any atom is 0.416 e. The van der Waals surface area contributed by atoms with Crippen molar-refractivity contribution in [3.05, 3.63) is 66.4 Å². The van der Waals surface area contributed by atoms with Gasteiger partial charge >= 0.3 is 6.18 Å². The summed E-state index contributed by atoms with van der Waals surface area (Å²) in [7, 11) is 0. The highest BCUT2D eigenvalue weighted by Crippen LogP contribution is 2.37. The van der Waals surface area contributed by atoms with Crippen molar-refractivity contribution in [3.63, 3.8) is 0 Å². The zero-order valence-electron chi connectivity index (χ0n) is 23.9. The van der Waals surface area contributed by atoms with Gasteiger partial charge in [-0.05, 0) is 75.3 Å². The van der Waals surface area contributed by atoms with Crippen molar-refractivity contribution >= 4 is 11.7 Å². The second-order valence-corrected chi connectivity index (χ2v) is 11.9. The molecule has 1 aliphatic carbocycles. The van der Waals surface area contributed by atoms with Gasteiger partial charge in [-0.25, -0.2) is 15.0 Å². The number of nitrogens with zero attached hydrogens (tertiary/aromatic N) is 6. The Morgan fingerprint density at radius 2 is 1.72 bits per heavy atom. The first-order valence-corrected chi connectivity index (χ1v) is 15.0. The Morgan fingerprint density at radius 3 is 2.44 bits per heavy atom. The lowest BCUT2D eigenvalue weighted by Gasteiger charge is -2.37. The number of rotatable bonds is 6. The minimum Gasteiger partial charge on any atom is -0.384 e. The maximum atomic E-state index is 13.4. The number of likely N-dealkylation sites (tertiary alicyclic amines) is 1. The minimum atomic E-state index is -4.43. The highest BCUT2D eigenvalue weighted by molar-refractivity contribution is 5.80. The maximum absolute atomic E-state index is 13.4. The van der Waals surface area contributed by atoms with E-state index < -0.39 is 17.3 Å². The lowest BCUT2D eigenvalue weighted by molar-refractivity contribution is -0.137. The van der Waals surface area contributed by atoms with E-state index in [4.69, 9.17) is 0 Å². The van der Waals surface area contributed by atoms with E-state index in [0.717, 1.165) is 49.8 Å². The first-order valence-electron chi connectivity index (χ1n) is 15.0. The summed E-state index contributed by atoms with van der Waals surface area (Å²) in [5.74, 6) is 0.663. The topological polar surface area (TPSA) is 107 Å². The molecule has 1 amide bonds. The van der Waals surface area contributed by atoms with Gasteiger partial charge in [-0.3, -0.25) is 9.78 Å². The van der Waals surface area contributed by atoms with Gasteiger partial charge in [0.15, 0.2) is 5.82 Å². The third-order valence-corrected chi connectivity index (χ3v) is 9.02. The molecule has 0 spiro atoms. The van der Waals surface area contributed by atoms with Crippen molar-refractivity contribution in [3.8, 4) is 11.4 Å². The van der Waals surface area contributed by atoms with Gasteiger partial charge in [-0.1, -0.05) is 0 Å². The van der Waals surface area contributed by atoms with Gasteiger partial charge in [-0.2, -0.15) is 13.2 Å². The average molecular weight is 596 g/mol. The third kappa shape index (κ3) is 6.65. The normalized spacial score (nSPS) is 26.5. The first kappa shape index (κ1) is 29.4. The zero-order valence-corrected chi connectivity index (χ0v) is 23.9. The number of halogens is 3. The van der Waals surface area contributed by atoms with E-state index in [9.17, 15) is 23.1 Å². The van der Waals surface area contributed by atoms with E-state index >= 15 is 0 Å². The van der Waals surface area contributed by atoms with Crippen LogP contribution in [0.4, 0.5) is 19.0 Å². The number of pyridine rings is 2. The van der Waals surface area contributed by atoms with Gasteiger partial charge in [0, 0.05) is 68.6 Å². The number of carbonyl (C=O) groups excluding carboxylic acids is 1. The molecule has 1 saturated carbocycles. The Kier molecular flexibility index (Phi) is 8.32. The largest absolute Gasteiger partial charge is 0.416 e. The van der Waals surface area contributed by atoms with Crippen LogP contribution in [-0.4, -0.2) is 74.1 Å². The summed E-state index contributed by atoms with van der Waals surface area (Å²) in [6, 6.07) is 7.97. The number of piperidine rings is 1. The van der Waals surface area contributed by atoms with Crippen LogP contribution in [0.3, 0.4) is 0 Å². The van der Waals surface area contributed by atoms with E-state index in [0.29, 0.717) is 50.5 Å². The lowest BCUT2D eigenvalue weighted by Crippen LogP contribution is -2.47. The Labute approximate surface area is 248 Å². The minimum absolute atomic E-state index is 0.0643. The smallest absolute Gasteiger partial charge is 0.384 e. The summed E-state index contributed by atoms with van der Waals surface area (Å²) in [6.07, 6.45) is 6.91. The molecule has 3 aromatic rings. The van der Waals surface area contributed by atoms with Crippen LogP contribution < -0.4 is 10.2 Å². The third-order valence-electron chi connectivity index (χ3n) is 9.02. The van der Waals surface area contributed by atoms with E-state index in [2.05, 4.69) is 25.3 Å². The SMILES string of the molecule is O=C([C@@H]1CCCN(c2cc(C(F)(F)F)ccn2)C1)N1CCC(NC2CCC(O)(c3ccc(-c4ncccn4)cn3)CC2)C1. The fourth-order valence-corrected chi connectivity index (χ4v) is 6.61. The molecule has 3 fully saturated rings. The molecule has 3 aliphatic rings. The highest BCUT2D eigenvalue weighted by Gasteiger charge is 2.39. The predicted molar refractivity (Wildman–Crippen MR) is 154 cm³/mol. The standard InChI is InChI=1S/C31H36F3N7O2/c32-31(33,34)23-8-14-35-27(17-23)40-15-1-3-22(19-40)29(42)41-16-9-25(20-41)39-24-6-10-30(43,11-7-24)26-5-4-21(18-38-26)28-36-12-2-13-37-28/h2,4-5,8,12-14,17-18,22,24-25,39,43H,1,3,6-7,9-11,15-16,19-20H2/t22-,24?,25?,30?/m1/s1. The van der Waals surface area contributed by atoms with Crippen LogP contribution in [0.25, 0.3) is 11.4 Å². The summed E-state index contributed by atoms with van der Waals surface area (Å²) in [6.45, 7) is 2.23. The molecule has 2 N–H and O–H groups in total. The molecule has 43 heavy (non-hydrogen) atoms. The molecule has 2 aliphatic heterocycles. The second kappa shape index (κ2) is 12.2. The molecule has 0 radical (unpaired) electrons. The average Bonchev–Trinajstić information content (AvgIpc) is 3.50. The number of anilines is 1. The Bertz CT molecular complexity index is 1400. The van der Waals surface area contributed by atoms with Gasteiger partial charge in [0.2, 0.25) is 5.91 Å². The van der Waals surface area contributed by atoms with Crippen LogP contribution in [-0.2, 0) is 16.6 Å². The van der Waals surface area contributed by atoms with Crippen LogP contribution in [0.1, 0.15) is 56.2 Å². The monoisotopic (exact) mass is 595 g/mol. The molecule has 2 saturated heterocycles. The Balaban J connectivity index is 0.989. The molecule has 0 bridgehead atoms. The first-order chi connectivity index (χ1) is 20.7. The summed E-state index contributed by atoms with van der Waals surface area (Å²) < 4.78 is 39.6. The number of alkyl halides is 3. The number of carbonyl (C=O) groups is 1. The molecule has 1 unspecified atom stereocenters. The highest BCUT2D eigenvalue weighted by atomic mass is 19.4. The van der Waals surface area contributed by atoms with Gasteiger partial charge in [0.05, 0.1) is 17.2 Å². The van der Waals surface area contributed by atoms with Crippen LogP contribution >= 0.6 is 0 Å². The van der Waals surface area contributed by atoms with E-state index in [-0.39, 0.29) is 29.7 Å². The second-order valence-electron chi connectivity index (χ2n) is 11.9. The molecule has 3 aromatic heterocycles. The summed E-state index contributed by atoms with van der Waals surface area (Å²) in [5, 5.41) is 15.1. The molecule has 2 atom stereocenters. The predicted octanol–water partition coefficient (Wildman–Crippen LogP) is 4.19. The van der Waals surface area contributed by atoms with Crippen LogP contribution in [0, 0.1) is 5.92 Å². The van der Waals surface area contributed by atoms with Crippen molar-refractivity contribution in [1.82, 2.24) is 30.2 Å². The number of aliphatic hydroxyl groups is 1. The lowest BCUT2D eigenvalue weighted by atomic mass is 9.79. The molecule has 228 valence electrons. The fourth-order valence-electron chi connectivity index (χ4n) is 6.61. The number of aromatic nitrogens is 4. The van der Waals surface area contributed by atoms with Crippen LogP contribution in [0.2, 0.25) is 0 Å². The summed E-state index contributed by atoms with van der Waals surface area (Å²) in [4.78, 5) is 34.3. The molecule has 6 rings (SSSR count). The Morgan fingerprint density at radius 1 is 0.930 bits per heavy atom. The molecule has 12 heteroatoms. The van der Waals surface area contributed by atoms with Crippen molar-refractivity contribution < 1.29 is 23.1 Å². The van der Waals surface area contributed by atoms with E-state index in [1.807, 2.05) is 17.0 Å². The summed E-state index contributed by atoms with van der Waals surface area (Å²) >= 11 is 0. The van der Waals surface area contributed by atoms with Crippen molar-refractivity contribution in [2.45, 2.75) is 68.8 Å². The van der Waals surface area contributed by atoms with E-state index in [1.165, 1.54) is 6.20 Å². The number of hydrogen-bond acceptors (Lipinski definition) is 8. The molecular formula is C31H36F3N7O2. The summed E-state index contributed by atoms with van der Waals surface area (Å²) in [5.41, 5.74) is -0.248. The molecule has 5 heterocycles. The Hall–Kier alpha value is -3.64. The fraction of sp³-hybridized carbons (Fsp3) is 0.516. The number of nitrogens with one attached hydrogen (secondary N) is 1. The van der Waals surface area contributed by atoms with Gasteiger partial charge in [-0.15, -0.1) is 0 Å². The number of hydrogen-bond donors (Lipinski definition) is 2.